The highest BCUT2D eigenvalue weighted by Crippen LogP contribution is 2.43. The van der Waals surface area contributed by atoms with Crippen LogP contribution >= 0.6 is 0 Å². The number of fused-ring (bicyclic) bond motifs is 4. The van der Waals surface area contributed by atoms with Crippen LogP contribution in [0.25, 0.3) is 0 Å². The highest BCUT2D eigenvalue weighted by molar-refractivity contribution is 5.78. The Balaban J connectivity index is 1.47. The molecule has 0 aliphatic carbocycles. The Bertz CT molecular complexity index is 939. The minimum absolute atomic E-state index is 0.110. The van der Waals surface area contributed by atoms with Gasteiger partial charge in [-0.3, -0.25) is 4.79 Å². The van der Waals surface area contributed by atoms with Crippen molar-refractivity contribution in [3.63, 3.8) is 0 Å². The van der Waals surface area contributed by atoms with Gasteiger partial charge < -0.3 is 14.5 Å². The predicted molar refractivity (Wildman–Crippen MR) is 111 cm³/mol. The lowest BCUT2D eigenvalue weighted by molar-refractivity contribution is -0.148. The number of carbonyl (C=O) groups excluding carboxylic acids is 1. The van der Waals surface area contributed by atoms with E-state index in [9.17, 15) is 9.18 Å². The maximum absolute atomic E-state index is 14.4. The molecule has 4 atom stereocenters. The van der Waals surface area contributed by atoms with E-state index in [0.717, 1.165) is 38.0 Å². The molecule has 0 saturated carbocycles. The molecule has 1 aromatic heterocycles. The Kier molecular flexibility index (Phi) is 5.05. The van der Waals surface area contributed by atoms with Gasteiger partial charge in [0.1, 0.15) is 12.1 Å². The van der Waals surface area contributed by atoms with Crippen molar-refractivity contribution < 1.29 is 13.9 Å². The molecule has 0 N–H and O–H groups in total. The van der Waals surface area contributed by atoms with Crippen molar-refractivity contribution in [3.8, 4) is 5.75 Å². The standard InChI is InChI=1S/C23H27FN4O2/c1-30-18-5-2-4-15(8-18)9-21-17-10-16(20-6-3-7-22(29)28(20)21)12-27(13-17)23-19(24)11-25-14-26-23/h2,4-5,8,11,14,16-17,20-21H,3,6-7,9-10,12-13H2,1H3/t16-,17+,20+,21+/m1/s1. The van der Waals surface area contributed by atoms with Crippen LogP contribution in [0.5, 0.6) is 5.75 Å². The molecule has 3 saturated heterocycles. The van der Waals surface area contributed by atoms with Crippen LogP contribution in [0, 0.1) is 17.7 Å². The Morgan fingerprint density at radius 2 is 2.13 bits per heavy atom. The number of ether oxygens (including phenoxy) is 1. The van der Waals surface area contributed by atoms with Gasteiger partial charge in [0.05, 0.1) is 13.3 Å². The lowest BCUT2D eigenvalue weighted by Crippen LogP contribution is -2.65. The average Bonchev–Trinajstić information content (AvgIpc) is 2.77. The molecule has 3 aliphatic rings. The van der Waals surface area contributed by atoms with Crippen molar-refractivity contribution in [1.82, 2.24) is 14.9 Å². The first-order valence-electron chi connectivity index (χ1n) is 10.8. The summed E-state index contributed by atoms with van der Waals surface area (Å²) >= 11 is 0. The summed E-state index contributed by atoms with van der Waals surface area (Å²) in [6.07, 6.45) is 7.11. The summed E-state index contributed by atoms with van der Waals surface area (Å²) in [5.41, 5.74) is 1.17. The first-order valence-corrected chi connectivity index (χ1v) is 10.8. The molecule has 2 aromatic rings. The molecule has 4 heterocycles. The number of amides is 1. The number of hydrogen-bond acceptors (Lipinski definition) is 5. The van der Waals surface area contributed by atoms with Gasteiger partial charge in [-0.15, -0.1) is 0 Å². The second-order valence-corrected chi connectivity index (χ2v) is 8.74. The van der Waals surface area contributed by atoms with Crippen molar-refractivity contribution in [2.75, 3.05) is 25.1 Å². The van der Waals surface area contributed by atoms with E-state index in [1.807, 2.05) is 12.1 Å². The maximum Gasteiger partial charge on any atom is 0.223 e. The number of rotatable bonds is 4. The number of aromatic nitrogens is 2. The van der Waals surface area contributed by atoms with Gasteiger partial charge in [0.2, 0.25) is 5.91 Å². The SMILES string of the molecule is COc1cccc(C[C@H]2[C@H]3C[C@H](CN(c4ncncc4F)C3)[C@@H]3CCCC(=O)N32)c1. The molecule has 3 aliphatic heterocycles. The fraction of sp³-hybridized carbons (Fsp3) is 0.522. The molecule has 158 valence electrons. The van der Waals surface area contributed by atoms with E-state index in [0.29, 0.717) is 24.7 Å². The number of carbonyl (C=O) groups is 1. The number of piperidine rings is 3. The van der Waals surface area contributed by atoms with E-state index in [1.54, 1.807) is 7.11 Å². The number of methoxy groups -OCH3 is 1. The summed E-state index contributed by atoms with van der Waals surface area (Å²) in [6, 6.07) is 8.43. The molecule has 30 heavy (non-hydrogen) atoms. The van der Waals surface area contributed by atoms with Crippen LogP contribution in [0.1, 0.15) is 31.2 Å². The van der Waals surface area contributed by atoms with Crippen molar-refractivity contribution >= 4 is 11.7 Å². The zero-order valence-corrected chi connectivity index (χ0v) is 17.2. The quantitative estimate of drug-likeness (QED) is 0.775. The third-order valence-corrected chi connectivity index (χ3v) is 7.02. The number of hydrogen-bond donors (Lipinski definition) is 0. The lowest BCUT2D eigenvalue weighted by Gasteiger charge is -2.57. The first kappa shape index (κ1) is 19.3. The van der Waals surface area contributed by atoms with Crippen LogP contribution in [0.3, 0.4) is 0 Å². The number of benzene rings is 1. The van der Waals surface area contributed by atoms with E-state index < -0.39 is 0 Å². The third kappa shape index (κ3) is 3.40. The summed E-state index contributed by atoms with van der Waals surface area (Å²) in [5, 5.41) is 0. The Morgan fingerprint density at radius 1 is 1.27 bits per heavy atom. The van der Waals surface area contributed by atoms with Crippen molar-refractivity contribution in [1.29, 1.82) is 0 Å². The van der Waals surface area contributed by atoms with E-state index in [2.05, 4.69) is 31.9 Å². The number of anilines is 1. The smallest absolute Gasteiger partial charge is 0.223 e. The van der Waals surface area contributed by atoms with E-state index >= 15 is 0 Å². The largest absolute Gasteiger partial charge is 0.497 e. The zero-order valence-electron chi connectivity index (χ0n) is 17.2. The number of halogens is 1. The van der Waals surface area contributed by atoms with E-state index in [1.165, 1.54) is 18.1 Å². The molecule has 3 fully saturated rings. The summed E-state index contributed by atoms with van der Waals surface area (Å²) in [6.45, 7) is 1.44. The van der Waals surface area contributed by atoms with Gasteiger partial charge in [0.15, 0.2) is 11.6 Å². The maximum atomic E-state index is 14.4. The molecule has 1 amide bonds. The summed E-state index contributed by atoms with van der Waals surface area (Å²) < 4.78 is 19.8. The third-order valence-electron chi connectivity index (χ3n) is 7.02. The molecule has 6 nitrogen and oxygen atoms in total. The monoisotopic (exact) mass is 410 g/mol. The minimum atomic E-state index is -0.376. The molecule has 0 unspecified atom stereocenters. The van der Waals surface area contributed by atoms with Crippen molar-refractivity contribution in [2.45, 2.75) is 44.2 Å². The Hall–Kier alpha value is -2.70. The van der Waals surface area contributed by atoms with Crippen LogP contribution in [0.2, 0.25) is 0 Å². The molecule has 5 rings (SSSR count). The van der Waals surface area contributed by atoms with Crippen LogP contribution in [-0.2, 0) is 11.2 Å². The topological polar surface area (TPSA) is 58.6 Å². The van der Waals surface area contributed by atoms with Gasteiger partial charge in [0, 0.05) is 31.6 Å². The van der Waals surface area contributed by atoms with Gasteiger partial charge in [-0.25, -0.2) is 14.4 Å². The highest BCUT2D eigenvalue weighted by Gasteiger charge is 2.49. The fourth-order valence-electron chi connectivity index (χ4n) is 5.79. The van der Waals surface area contributed by atoms with E-state index in [-0.39, 0.29) is 29.7 Å². The highest BCUT2D eigenvalue weighted by atomic mass is 19.1. The van der Waals surface area contributed by atoms with Gasteiger partial charge in [-0.2, -0.15) is 0 Å². The van der Waals surface area contributed by atoms with Crippen LogP contribution < -0.4 is 9.64 Å². The molecule has 0 spiro atoms. The molecular formula is C23H27FN4O2. The van der Waals surface area contributed by atoms with Crippen LogP contribution in [-0.4, -0.2) is 53.1 Å². The van der Waals surface area contributed by atoms with Gasteiger partial charge in [-0.1, -0.05) is 12.1 Å². The molecule has 1 aromatic carbocycles. The minimum Gasteiger partial charge on any atom is -0.497 e. The normalized spacial score (nSPS) is 28.3. The Morgan fingerprint density at radius 3 is 2.97 bits per heavy atom. The van der Waals surface area contributed by atoms with Gasteiger partial charge in [-0.05, 0) is 55.2 Å². The second-order valence-electron chi connectivity index (χ2n) is 8.74. The summed E-state index contributed by atoms with van der Waals surface area (Å²) in [5.74, 6) is 1.74. The predicted octanol–water partition coefficient (Wildman–Crippen LogP) is 3.07. The lowest BCUT2D eigenvalue weighted by atomic mass is 9.70. The van der Waals surface area contributed by atoms with E-state index in [4.69, 9.17) is 4.74 Å². The van der Waals surface area contributed by atoms with Crippen molar-refractivity contribution in [3.05, 3.63) is 48.2 Å². The van der Waals surface area contributed by atoms with Crippen molar-refractivity contribution in [2.24, 2.45) is 11.8 Å². The van der Waals surface area contributed by atoms with Crippen LogP contribution in [0.15, 0.2) is 36.8 Å². The molecule has 2 bridgehead atoms. The fourth-order valence-corrected chi connectivity index (χ4v) is 5.79. The molecule has 0 radical (unpaired) electrons. The van der Waals surface area contributed by atoms with Gasteiger partial charge >= 0.3 is 0 Å². The molecule has 7 heteroatoms. The average molecular weight is 410 g/mol. The van der Waals surface area contributed by atoms with Gasteiger partial charge in [0.25, 0.3) is 0 Å². The second kappa shape index (κ2) is 7.85. The number of nitrogens with zero attached hydrogens (tertiary/aromatic N) is 4. The summed E-state index contributed by atoms with van der Waals surface area (Å²) in [7, 11) is 1.67. The first-order chi connectivity index (χ1) is 14.6. The Labute approximate surface area is 176 Å². The zero-order chi connectivity index (χ0) is 20.7. The molecular weight excluding hydrogens is 383 g/mol. The van der Waals surface area contributed by atoms with Crippen LogP contribution in [0.4, 0.5) is 10.2 Å². The summed E-state index contributed by atoms with van der Waals surface area (Å²) in [4.78, 5) is 25.3.